The summed E-state index contributed by atoms with van der Waals surface area (Å²) in [6.07, 6.45) is 0. The topological polar surface area (TPSA) is 108 Å². The van der Waals surface area contributed by atoms with Gasteiger partial charge in [-0.15, -0.1) is 0 Å². The van der Waals surface area contributed by atoms with Crippen LogP contribution in [-0.2, 0) is 14.3 Å². The molecule has 0 bridgehead atoms. The molecule has 7 nitrogen and oxygen atoms in total. The Morgan fingerprint density at radius 3 is 2.36 bits per heavy atom. The number of nitrogens with zero attached hydrogens (tertiary/aromatic N) is 1. The Kier molecular flexibility index (Phi) is 5.85. The second-order valence-corrected chi connectivity index (χ2v) is 5.04. The van der Waals surface area contributed by atoms with Crippen molar-refractivity contribution in [2.75, 3.05) is 17.2 Å². The second-order valence-electron chi connectivity index (χ2n) is 5.04. The van der Waals surface area contributed by atoms with Gasteiger partial charge in [0, 0.05) is 12.6 Å². The first-order valence-electron chi connectivity index (χ1n) is 7.33. The number of hydrogen-bond donors (Lipinski definition) is 2. The summed E-state index contributed by atoms with van der Waals surface area (Å²) in [6.45, 7) is 0.900. The Morgan fingerprint density at radius 1 is 1.04 bits per heavy atom. The van der Waals surface area contributed by atoms with Crippen molar-refractivity contribution in [2.45, 2.75) is 6.92 Å². The molecule has 0 heterocycles. The average Bonchev–Trinajstić information content (AvgIpc) is 2.60. The van der Waals surface area contributed by atoms with Crippen LogP contribution in [0.4, 0.5) is 11.4 Å². The van der Waals surface area contributed by atoms with E-state index in [1.165, 1.54) is 19.1 Å². The predicted molar refractivity (Wildman–Crippen MR) is 90.8 cm³/mol. The van der Waals surface area contributed by atoms with Crippen molar-refractivity contribution >= 4 is 29.2 Å². The van der Waals surface area contributed by atoms with E-state index in [2.05, 4.69) is 10.6 Å². The number of anilines is 2. The summed E-state index contributed by atoms with van der Waals surface area (Å²) >= 11 is 0. The van der Waals surface area contributed by atoms with Gasteiger partial charge >= 0.3 is 5.97 Å². The molecule has 2 aromatic rings. The molecule has 25 heavy (non-hydrogen) atoms. The molecule has 0 saturated carbocycles. The zero-order valence-electron chi connectivity index (χ0n) is 13.4. The minimum Gasteiger partial charge on any atom is -0.452 e. The molecule has 0 unspecified atom stereocenters. The van der Waals surface area contributed by atoms with Gasteiger partial charge < -0.3 is 15.4 Å². The molecular weight excluding hydrogens is 322 g/mol. The summed E-state index contributed by atoms with van der Waals surface area (Å²) in [5.41, 5.74) is 1.47. The molecule has 2 N–H and O–H groups in total. The van der Waals surface area contributed by atoms with Crippen molar-refractivity contribution in [3.05, 3.63) is 59.7 Å². The minimum absolute atomic E-state index is 0.218. The van der Waals surface area contributed by atoms with E-state index >= 15 is 0 Å². The van der Waals surface area contributed by atoms with E-state index in [0.717, 1.165) is 0 Å². The van der Waals surface area contributed by atoms with Crippen LogP contribution in [0.5, 0.6) is 0 Å². The third kappa shape index (κ3) is 5.18. The lowest BCUT2D eigenvalue weighted by atomic mass is 10.2. The summed E-state index contributed by atoms with van der Waals surface area (Å²) in [5, 5.41) is 14.1. The molecular formula is C18H15N3O4. The van der Waals surface area contributed by atoms with Crippen LogP contribution in [0, 0.1) is 11.3 Å². The lowest BCUT2D eigenvalue weighted by molar-refractivity contribution is -0.119. The maximum Gasteiger partial charge on any atom is 0.338 e. The van der Waals surface area contributed by atoms with E-state index in [4.69, 9.17) is 10.00 Å². The quantitative estimate of drug-likeness (QED) is 0.814. The Bertz CT molecular complexity index is 838. The van der Waals surface area contributed by atoms with Gasteiger partial charge in [-0.25, -0.2) is 4.79 Å². The Morgan fingerprint density at radius 2 is 1.72 bits per heavy atom. The van der Waals surface area contributed by atoms with Crippen molar-refractivity contribution in [2.24, 2.45) is 0 Å². The molecule has 2 rings (SSSR count). The normalized spacial score (nSPS) is 9.60. The fourth-order valence-electron chi connectivity index (χ4n) is 1.98. The van der Waals surface area contributed by atoms with Crippen LogP contribution in [0.2, 0.25) is 0 Å². The molecule has 2 amide bonds. The summed E-state index contributed by atoms with van der Waals surface area (Å²) in [7, 11) is 0. The van der Waals surface area contributed by atoms with Gasteiger partial charge in [-0.3, -0.25) is 9.59 Å². The summed E-state index contributed by atoms with van der Waals surface area (Å²) in [6, 6.07) is 14.5. The molecule has 0 saturated heterocycles. The van der Waals surface area contributed by atoms with Crippen molar-refractivity contribution < 1.29 is 19.1 Å². The molecule has 7 heteroatoms. The molecule has 0 aliphatic rings. The SMILES string of the molecule is CC(=O)Nc1ccc(C(=O)OCC(=O)Nc2ccccc2C#N)cc1. The number of carbonyl (C=O) groups excluding carboxylic acids is 3. The first-order chi connectivity index (χ1) is 12.0. The van der Waals surface area contributed by atoms with Crippen LogP contribution in [-0.4, -0.2) is 24.4 Å². The van der Waals surface area contributed by atoms with Gasteiger partial charge in [0.2, 0.25) is 5.91 Å². The van der Waals surface area contributed by atoms with Crippen LogP contribution in [0.15, 0.2) is 48.5 Å². The number of hydrogen-bond acceptors (Lipinski definition) is 5. The van der Waals surface area contributed by atoms with Gasteiger partial charge in [0.25, 0.3) is 5.91 Å². The summed E-state index contributed by atoms with van der Waals surface area (Å²) in [4.78, 5) is 34.7. The average molecular weight is 337 g/mol. The van der Waals surface area contributed by atoms with Crippen molar-refractivity contribution in [1.82, 2.24) is 0 Å². The number of nitriles is 1. The number of amides is 2. The third-order valence-electron chi connectivity index (χ3n) is 3.10. The van der Waals surface area contributed by atoms with E-state index < -0.39 is 18.5 Å². The zero-order chi connectivity index (χ0) is 18.2. The molecule has 0 atom stereocenters. The Hall–Kier alpha value is -3.66. The Labute approximate surface area is 144 Å². The van der Waals surface area contributed by atoms with Gasteiger partial charge in [-0.2, -0.15) is 5.26 Å². The Balaban J connectivity index is 1.90. The first-order valence-corrected chi connectivity index (χ1v) is 7.33. The lowest BCUT2D eigenvalue weighted by Gasteiger charge is -2.08. The van der Waals surface area contributed by atoms with Crippen molar-refractivity contribution in [1.29, 1.82) is 5.26 Å². The standard InChI is InChI=1S/C18H15N3O4/c1-12(22)20-15-8-6-13(7-9-15)18(24)25-11-17(23)21-16-5-3-2-4-14(16)10-19/h2-9H,11H2,1H3,(H,20,22)(H,21,23). The van der Waals surface area contributed by atoms with Crippen LogP contribution in [0.3, 0.4) is 0 Å². The van der Waals surface area contributed by atoms with Gasteiger partial charge in [-0.1, -0.05) is 12.1 Å². The molecule has 126 valence electrons. The summed E-state index contributed by atoms with van der Waals surface area (Å²) < 4.78 is 4.94. The smallest absolute Gasteiger partial charge is 0.338 e. The highest BCUT2D eigenvalue weighted by atomic mass is 16.5. The third-order valence-corrected chi connectivity index (χ3v) is 3.10. The zero-order valence-corrected chi connectivity index (χ0v) is 13.4. The monoisotopic (exact) mass is 337 g/mol. The summed E-state index contributed by atoms with van der Waals surface area (Å²) in [5.74, 6) is -1.44. The first kappa shape index (κ1) is 17.7. The number of nitrogens with one attached hydrogen (secondary N) is 2. The molecule has 0 aliphatic heterocycles. The molecule has 0 radical (unpaired) electrons. The molecule has 0 fully saturated rings. The largest absolute Gasteiger partial charge is 0.452 e. The highest BCUT2D eigenvalue weighted by molar-refractivity contribution is 5.96. The fraction of sp³-hybridized carbons (Fsp3) is 0.111. The maximum atomic E-state index is 11.9. The fourth-order valence-corrected chi connectivity index (χ4v) is 1.98. The van der Waals surface area contributed by atoms with E-state index in [-0.39, 0.29) is 11.5 Å². The van der Waals surface area contributed by atoms with Crippen LogP contribution in [0.25, 0.3) is 0 Å². The van der Waals surface area contributed by atoms with E-state index in [1.54, 1.807) is 36.4 Å². The van der Waals surface area contributed by atoms with E-state index in [0.29, 0.717) is 16.9 Å². The van der Waals surface area contributed by atoms with Crippen LogP contribution < -0.4 is 10.6 Å². The molecule has 0 aromatic heterocycles. The number of carbonyl (C=O) groups is 3. The molecule has 2 aromatic carbocycles. The maximum absolute atomic E-state index is 11.9. The van der Waals surface area contributed by atoms with Gasteiger partial charge in [0.15, 0.2) is 6.61 Å². The van der Waals surface area contributed by atoms with Gasteiger partial charge in [0.05, 0.1) is 16.8 Å². The number of ether oxygens (including phenoxy) is 1. The van der Waals surface area contributed by atoms with Crippen molar-refractivity contribution in [3.8, 4) is 6.07 Å². The second kappa shape index (κ2) is 8.26. The molecule has 0 spiro atoms. The lowest BCUT2D eigenvalue weighted by Crippen LogP contribution is -2.21. The van der Waals surface area contributed by atoms with E-state index in [9.17, 15) is 14.4 Å². The number of rotatable bonds is 5. The predicted octanol–water partition coefficient (Wildman–Crippen LogP) is 2.31. The van der Waals surface area contributed by atoms with Crippen LogP contribution in [0.1, 0.15) is 22.8 Å². The van der Waals surface area contributed by atoms with Gasteiger partial charge in [0.1, 0.15) is 6.07 Å². The number of esters is 1. The van der Waals surface area contributed by atoms with Gasteiger partial charge in [-0.05, 0) is 36.4 Å². The number of para-hydroxylation sites is 1. The highest BCUT2D eigenvalue weighted by Crippen LogP contribution is 2.14. The number of benzene rings is 2. The highest BCUT2D eigenvalue weighted by Gasteiger charge is 2.11. The minimum atomic E-state index is -0.668. The van der Waals surface area contributed by atoms with Crippen molar-refractivity contribution in [3.63, 3.8) is 0 Å². The molecule has 0 aliphatic carbocycles. The van der Waals surface area contributed by atoms with E-state index in [1.807, 2.05) is 6.07 Å². The van der Waals surface area contributed by atoms with Crippen LogP contribution >= 0.6 is 0 Å².